The van der Waals surface area contributed by atoms with Crippen molar-refractivity contribution >= 4 is 23.6 Å². The summed E-state index contributed by atoms with van der Waals surface area (Å²) in [5.41, 5.74) is 8.17. The number of ether oxygens (including phenoxy) is 1. The molecule has 2 amide bonds. The minimum atomic E-state index is -0.841. The number of rotatable bonds is 11. The number of esters is 1. The lowest BCUT2D eigenvalue weighted by atomic mass is 9.84. The summed E-state index contributed by atoms with van der Waals surface area (Å²) in [6.45, 7) is 5.90. The average molecular weight is 600 g/mol. The highest BCUT2D eigenvalue weighted by molar-refractivity contribution is 5.97. The predicted molar refractivity (Wildman–Crippen MR) is 168 cm³/mol. The maximum absolute atomic E-state index is 14.4. The number of hydrogen-bond donors (Lipinski definition) is 4. The number of oxime groups is 1. The standard InChI is InChI=1S/C34H41N5O5/c1-34(2,3)44-28(40)22-36-30(29(24-11-6-4-7-12-24)25-13-8-5-9-14-25)33(42)39-20-10-15-27(39)32(41)37-21-23-16-18-26(19-17-23)31(35)38-43/h4-9,11-14,16-19,27,29-30,36,43H,10,15,20-22H2,1-3H3,(H2,35,38)(H,37,41)/t27-,30+/m0/s1. The molecule has 0 aromatic heterocycles. The van der Waals surface area contributed by atoms with E-state index in [1.165, 1.54) is 0 Å². The van der Waals surface area contributed by atoms with E-state index < -0.39 is 29.6 Å². The van der Waals surface area contributed by atoms with Gasteiger partial charge in [0.2, 0.25) is 11.8 Å². The first-order chi connectivity index (χ1) is 21.1. The lowest BCUT2D eigenvalue weighted by molar-refractivity contribution is -0.154. The number of likely N-dealkylation sites (tertiary alicyclic amines) is 1. The Hall–Kier alpha value is -4.70. The Morgan fingerprint density at radius 3 is 2.11 bits per heavy atom. The summed E-state index contributed by atoms with van der Waals surface area (Å²) in [7, 11) is 0. The molecule has 1 heterocycles. The number of amides is 2. The SMILES string of the molecule is CC(C)(C)OC(=O)CN[C@@H](C(=O)N1CCC[C@H]1C(=O)NCc1ccc(/C(N)=N\O)cc1)C(c1ccccc1)c1ccccc1. The molecule has 2 atom stereocenters. The summed E-state index contributed by atoms with van der Waals surface area (Å²) in [6, 6.07) is 24.9. The van der Waals surface area contributed by atoms with E-state index in [1.807, 2.05) is 60.7 Å². The smallest absolute Gasteiger partial charge is 0.320 e. The number of benzene rings is 3. The van der Waals surface area contributed by atoms with Crippen molar-refractivity contribution in [3.8, 4) is 0 Å². The van der Waals surface area contributed by atoms with Gasteiger partial charge in [0.15, 0.2) is 5.84 Å². The summed E-state index contributed by atoms with van der Waals surface area (Å²) in [6.07, 6.45) is 1.21. The fourth-order valence-electron chi connectivity index (χ4n) is 5.46. The van der Waals surface area contributed by atoms with Gasteiger partial charge in [-0.05, 0) is 50.3 Å². The second kappa shape index (κ2) is 14.7. The van der Waals surface area contributed by atoms with Crippen LogP contribution >= 0.6 is 0 Å². The van der Waals surface area contributed by atoms with Crippen LogP contribution in [0.3, 0.4) is 0 Å². The molecule has 1 aliphatic rings. The zero-order valence-electron chi connectivity index (χ0n) is 25.4. The first-order valence-corrected chi connectivity index (χ1v) is 14.8. The van der Waals surface area contributed by atoms with Crippen LogP contribution in [0.2, 0.25) is 0 Å². The molecular weight excluding hydrogens is 558 g/mol. The van der Waals surface area contributed by atoms with Gasteiger partial charge in [-0.1, -0.05) is 90.1 Å². The van der Waals surface area contributed by atoms with Crippen molar-refractivity contribution in [1.82, 2.24) is 15.5 Å². The van der Waals surface area contributed by atoms with E-state index >= 15 is 0 Å². The van der Waals surface area contributed by atoms with Crippen molar-refractivity contribution in [1.29, 1.82) is 0 Å². The summed E-state index contributed by atoms with van der Waals surface area (Å²) in [4.78, 5) is 42.3. The van der Waals surface area contributed by atoms with E-state index in [2.05, 4.69) is 15.8 Å². The molecular formula is C34H41N5O5. The molecule has 10 heteroatoms. The molecule has 44 heavy (non-hydrogen) atoms. The first kappa shape index (κ1) is 32.2. The van der Waals surface area contributed by atoms with Gasteiger partial charge in [-0.2, -0.15) is 0 Å². The summed E-state index contributed by atoms with van der Waals surface area (Å²) in [5, 5.41) is 18.1. The lowest BCUT2D eigenvalue weighted by Gasteiger charge is -2.34. The average Bonchev–Trinajstić information content (AvgIpc) is 3.52. The Morgan fingerprint density at radius 1 is 0.977 bits per heavy atom. The highest BCUT2D eigenvalue weighted by atomic mass is 16.6. The second-order valence-corrected chi connectivity index (χ2v) is 11.8. The van der Waals surface area contributed by atoms with Crippen LogP contribution < -0.4 is 16.4 Å². The molecule has 10 nitrogen and oxygen atoms in total. The molecule has 0 unspecified atom stereocenters. The minimum absolute atomic E-state index is 0.000151. The zero-order chi connectivity index (χ0) is 31.7. The number of nitrogens with two attached hydrogens (primary N) is 1. The topological polar surface area (TPSA) is 146 Å². The number of hydrogen-bond acceptors (Lipinski definition) is 7. The van der Waals surface area contributed by atoms with E-state index in [9.17, 15) is 14.4 Å². The van der Waals surface area contributed by atoms with E-state index in [0.29, 0.717) is 24.9 Å². The molecule has 0 spiro atoms. The Bertz CT molecular complexity index is 1400. The largest absolute Gasteiger partial charge is 0.459 e. The van der Waals surface area contributed by atoms with E-state index in [-0.39, 0.29) is 30.7 Å². The number of nitrogens with zero attached hydrogens (tertiary/aromatic N) is 2. The second-order valence-electron chi connectivity index (χ2n) is 11.8. The minimum Gasteiger partial charge on any atom is -0.459 e. The van der Waals surface area contributed by atoms with Crippen LogP contribution in [0, 0.1) is 0 Å². The molecule has 1 fully saturated rings. The van der Waals surface area contributed by atoms with Gasteiger partial charge < -0.3 is 25.9 Å². The number of carbonyl (C=O) groups excluding carboxylic acids is 3. The third-order valence-corrected chi connectivity index (χ3v) is 7.47. The lowest BCUT2D eigenvalue weighted by Crippen LogP contribution is -2.55. The molecule has 1 aliphatic heterocycles. The molecule has 1 saturated heterocycles. The van der Waals surface area contributed by atoms with Gasteiger partial charge in [-0.3, -0.25) is 19.7 Å². The van der Waals surface area contributed by atoms with Crippen molar-refractivity contribution in [3.63, 3.8) is 0 Å². The third kappa shape index (κ3) is 8.44. The van der Waals surface area contributed by atoms with E-state index in [1.54, 1.807) is 49.9 Å². The van der Waals surface area contributed by atoms with Gasteiger partial charge in [-0.15, -0.1) is 0 Å². The molecule has 5 N–H and O–H groups in total. The van der Waals surface area contributed by atoms with Crippen LogP contribution in [0.15, 0.2) is 90.1 Å². The molecule has 232 valence electrons. The normalized spacial score (nSPS) is 16.0. The van der Waals surface area contributed by atoms with Crippen LogP contribution in [0.4, 0.5) is 0 Å². The third-order valence-electron chi connectivity index (χ3n) is 7.47. The van der Waals surface area contributed by atoms with Crippen LogP contribution in [-0.4, -0.2) is 64.5 Å². The quantitative estimate of drug-likeness (QED) is 0.0867. The summed E-state index contributed by atoms with van der Waals surface area (Å²) in [5.74, 6) is -1.40. The monoisotopic (exact) mass is 599 g/mol. The molecule has 0 bridgehead atoms. The highest BCUT2D eigenvalue weighted by Gasteiger charge is 2.41. The maximum atomic E-state index is 14.4. The van der Waals surface area contributed by atoms with Crippen LogP contribution in [0.1, 0.15) is 61.8 Å². The molecule has 0 saturated carbocycles. The highest BCUT2D eigenvalue weighted by Crippen LogP contribution is 2.31. The van der Waals surface area contributed by atoms with Gasteiger partial charge in [0.1, 0.15) is 11.6 Å². The number of amidine groups is 1. The Kier molecular flexibility index (Phi) is 10.7. The molecule has 0 radical (unpaired) electrons. The van der Waals surface area contributed by atoms with Crippen LogP contribution in [-0.2, 0) is 25.7 Å². The van der Waals surface area contributed by atoms with Gasteiger partial charge in [-0.25, -0.2) is 0 Å². The zero-order valence-corrected chi connectivity index (χ0v) is 25.4. The van der Waals surface area contributed by atoms with Crippen molar-refractivity contribution in [2.24, 2.45) is 10.9 Å². The maximum Gasteiger partial charge on any atom is 0.320 e. The van der Waals surface area contributed by atoms with Crippen molar-refractivity contribution in [3.05, 3.63) is 107 Å². The predicted octanol–water partition coefficient (Wildman–Crippen LogP) is 3.52. The van der Waals surface area contributed by atoms with Crippen molar-refractivity contribution in [2.45, 2.75) is 63.8 Å². The Labute approximate surface area is 258 Å². The van der Waals surface area contributed by atoms with Gasteiger partial charge in [0, 0.05) is 24.6 Å². The Morgan fingerprint density at radius 2 is 1.57 bits per heavy atom. The molecule has 4 rings (SSSR count). The summed E-state index contributed by atoms with van der Waals surface area (Å²) >= 11 is 0. The van der Waals surface area contributed by atoms with Gasteiger partial charge in [0.25, 0.3) is 0 Å². The fourth-order valence-corrected chi connectivity index (χ4v) is 5.46. The molecule has 3 aromatic rings. The fraction of sp³-hybridized carbons (Fsp3) is 0.353. The molecule has 0 aliphatic carbocycles. The first-order valence-electron chi connectivity index (χ1n) is 14.8. The summed E-state index contributed by atoms with van der Waals surface area (Å²) < 4.78 is 5.53. The Balaban J connectivity index is 1.57. The number of carbonyl (C=O) groups is 3. The number of nitrogens with one attached hydrogen (secondary N) is 2. The van der Waals surface area contributed by atoms with Gasteiger partial charge >= 0.3 is 5.97 Å². The van der Waals surface area contributed by atoms with E-state index in [0.717, 1.165) is 16.7 Å². The van der Waals surface area contributed by atoms with Crippen molar-refractivity contribution in [2.75, 3.05) is 13.1 Å². The van der Waals surface area contributed by atoms with Crippen LogP contribution in [0.25, 0.3) is 0 Å². The van der Waals surface area contributed by atoms with Gasteiger partial charge in [0.05, 0.1) is 12.6 Å². The van der Waals surface area contributed by atoms with E-state index in [4.69, 9.17) is 15.7 Å². The van der Waals surface area contributed by atoms with Crippen molar-refractivity contribution < 1.29 is 24.3 Å². The van der Waals surface area contributed by atoms with Crippen LogP contribution in [0.5, 0.6) is 0 Å². The molecule has 3 aromatic carbocycles.